The molecule has 0 bridgehead atoms. The number of hydrogen-bond acceptors (Lipinski definition) is 7. The van der Waals surface area contributed by atoms with Gasteiger partial charge in [0.25, 0.3) is 0 Å². The van der Waals surface area contributed by atoms with E-state index in [2.05, 4.69) is 124 Å². The second kappa shape index (κ2) is 27.0. The second-order valence-electron chi connectivity index (χ2n) is 22.7. The molecule has 0 radical (unpaired) electrons. The van der Waals surface area contributed by atoms with E-state index in [9.17, 15) is 0 Å². The van der Waals surface area contributed by atoms with Crippen LogP contribution in [0.2, 0.25) is 0 Å². The van der Waals surface area contributed by atoms with E-state index < -0.39 is 0 Å². The van der Waals surface area contributed by atoms with Gasteiger partial charge >= 0.3 is 0 Å². The minimum absolute atomic E-state index is 0.526. The summed E-state index contributed by atoms with van der Waals surface area (Å²) in [5.74, 6) is 5.28. The Hall–Kier alpha value is -8.63. The third-order valence-electron chi connectivity index (χ3n) is 16.9. The molecule has 0 aliphatic heterocycles. The van der Waals surface area contributed by atoms with Gasteiger partial charge in [-0.3, -0.25) is 9.78 Å². The Labute approximate surface area is 488 Å². The van der Waals surface area contributed by atoms with Crippen LogP contribution in [0.5, 0.6) is 23.0 Å². The molecule has 11 aromatic rings. The Bertz CT molecular complexity index is 3780. The predicted molar refractivity (Wildman–Crippen MR) is 334 cm³/mol. The summed E-state index contributed by atoms with van der Waals surface area (Å²) in [6.45, 7) is 2.29. The summed E-state index contributed by atoms with van der Waals surface area (Å²) in [6.07, 6.45) is 18.2. The number of fused-ring (bicyclic) bond motifs is 3. The molecule has 0 unspecified atom stereocenters. The first-order chi connectivity index (χ1) is 41.0. The molecule has 1 N–H and O–H groups in total. The minimum Gasteiger partial charge on any atom is -0.489 e. The fraction of sp³-hybridized carbons (Fsp3) is 0.301. The largest absolute Gasteiger partial charge is 0.489 e. The highest BCUT2D eigenvalue weighted by Gasteiger charge is 2.25. The highest BCUT2D eigenvalue weighted by molar-refractivity contribution is 5.86. The number of aromatic amines is 1. The Balaban J connectivity index is 0.000000128. The molecule has 0 atom stereocenters. The average Bonchev–Trinajstić information content (AvgIpc) is 4.56. The van der Waals surface area contributed by atoms with Crippen LogP contribution >= 0.6 is 0 Å². The third kappa shape index (κ3) is 13.8. The molecule has 0 spiro atoms. The van der Waals surface area contributed by atoms with Gasteiger partial charge in [0, 0.05) is 64.9 Å². The van der Waals surface area contributed by atoms with E-state index in [1.54, 1.807) is 0 Å². The molecule has 3 heterocycles. The van der Waals surface area contributed by atoms with Crippen LogP contribution in [-0.2, 0) is 33.5 Å². The standard InChI is InChI=1S/C32H30N2O2.C21H24N2O.C20H22N2O/c1-3-9-24(10-4-1)22-35-28-17-15-27(16-18-28)34-31-21-29(36-23-25-11-5-2-6-12-25)19-20-30(31)32(33-34)26-13-7-8-14-26;1-23-20-14-18(24-15-16-8-4-2-5-9-16)12-13-19(20)21(22-23)17-10-6-3-7-11-17;1-3-7-15(8-4-1)14-23-17-11-12-18-19(13-17)21-22-20(18)16-9-5-2-6-10-16/h1-6,9-12,15-21,26H,7-8,13-14,22-23H2;2,4-5,8-9,12-14,17H,3,6-7,10-11,15H2,1H3;1,3-4,7-8,11-13,16H,2,5-6,9-10,14H2,(H,21,22). The van der Waals surface area contributed by atoms with Crippen molar-refractivity contribution in [2.24, 2.45) is 7.05 Å². The maximum Gasteiger partial charge on any atom is 0.122 e. The zero-order chi connectivity index (χ0) is 56.0. The van der Waals surface area contributed by atoms with Crippen molar-refractivity contribution in [1.29, 1.82) is 0 Å². The quantitative estimate of drug-likeness (QED) is 0.103. The molecule has 14 rings (SSSR count). The Morgan fingerprint density at radius 3 is 1.27 bits per heavy atom. The number of benzene rings is 8. The third-order valence-corrected chi connectivity index (χ3v) is 16.9. The lowest BCUT2D eigenvalue weighted by Gasteiger charge is -2.20. The number of aromatic nitrogens is 6. The van der Waals surface area contributed by atoms with E-state index in [-0.39, 0.29) is 0 Å². The molecule has 10 heteroatoms. The molecule has 3 saturated carbocycles. The van der Waals surface area contributed by atoms with Gasteiger partial charge in [0.15, 0.2) is 0 Å². The molecule has 3 aromatic heterocycles. The number of nitrogens with zero attached hydrogens (tertiary/aromatic N) is 5. The monoisotopic (exact) mass is 1100 g/mol. The number of rotatable bonds is 16. The highest BCUT2D eigenvalue weighted by Crippen LogP contribution is 2.40. The van der Waals surface area contributed by atoms with Crippen LogP contribution in [0.3, 0.4) is 0 Å². The van der Waals surface area contributed by atoms with Gasteiger partial charge in [-0.05, 0) is 121 Å². The fourth-order valence-electron chi connectivity index (χ4n) is 12.4. The van der Waals surface area contributed by atoms with E-state index in [1.807, 2.05) is 103 Å². The zero-order valence-corrected chi connectivity index (χ0v) is 47.9. The first kappa shape index (κ1) is 54.9. The Morgan fingerprint density at radius 1 is 0.386 bits per heavy atom. The maximum absolute atomic E-state index is 6.16. The van der Waals surface area contributed by atoms with Crippen LogP contribution in [0.1, 0.15) is 147 Å². The van der Waals surface area contributed by atoms with Gasteiger partial charge in [-0.25, -0.2) is 4.68 Å². The summed E-state index contributed by atoms with van der Waals surface area (Å²) in [4.78, 5) is 0. The number of ether oxygens (including phenoxy) is 4. The van der Waals surface area contributed by atoms with Crippen molar-refractivity contribution in [1.82, 2.24) is 29.8 Å². The van der Waals surface area contributed by atoms with E-state index in [0.29, 0.717) is 44.2 Å². The molecule has 0 saturated heterocycles. The smallest absolute Gasteiger partial charge is 0.122 e. The summed E-state index contributed by atoms with van der Waals surface area (Å²) in [5.41, 5.74) is 12.8. The van der Waals surface area contributed by atoms with Gasteiger partial charge in [-0.15, -0.1) is 0 Å². The maximum atomic E-state index is 6.16. The lowest BCUT2D eigenvalue weighted by molar-refractivity contribution is 0.306. The minimum atomic E-state index is 0.526. The zero-order valence-electron chi connectivity index (χ0n) is 47.9. The van der Waals surface area contributed by atoms with Gasteiger partial charge in [0.2, 0.25) is 0 Å². The molecule has 10 nitrogen and oxygen atoms in total. The summed E-state index contributed by atoms with van der Waals surface area (Å²) in [5, 5.41) is 21.5. The van der Waals surface area contributed by atoms with Gasteiger partial charge in [-0.2, -0.15) is 15.3 Å². The highest BCUT2D eigenvalue weighted by atomic mass is 16.5. The number of aryl methyl sites for hydroxylation is 1. The molecule has 3 fully saturated rings. The van der Waals surface area contributed by atoms with Crippen molar-refractivity contribution in [2.75, 3.05) is 0 Å². The van der Waals surface area contributed by atoms with Crippen molar-refractivity contribution >= 4 is 32.7 Å². The predicted octanol–water partition coefficient (Wildman–Crippen LogP) is 18.2. The second-order valence-corrected chi connectivity index (χ2v) is 22.7. The molecule has 422 valence electrons. The van der Waals surface area contributed by atoms with Crippen molar-refractivity contribution < 1.29 is 18.9 Å². The van der Waals surface area contributed by atoms with Crippen LogP contribution < -0.4 is 18.9 Å². The van der Waals surface area contributed by atoms with Crippen molar-refractivity contribution in [3.8, 4) is 28.7 Å². The lowest BCUT2D eigenvalue weighted by atomic mass is 9.86. The lowest BCUT2D eigenvalue weighted by Crippen LogP contribution is -2.06. The van der Waals surface area contributed by atoms with E-state index in [4.69, 9.17) is 29.1 Å². The topological polar surface area (TPSA) is 101 Å². The fourth-order valence-corrected chi connectivity index (χ4v) is 12.4. The van der Waals surface area contributed by atoms with Gasteiger partial charge in [-0.1, -0.05) is 173 Å². The van der Waals surface area contributed by atoms with Crippen LogP contribution in [0.15, 0.2) is 200 Å². The number of nitrogens with one attached hydrogen (secondary N) is 1. The first-order valence-corrected chi connectivity index (χ1v) is 30.3. The van der Waals surface area contributed by atoms with Gasteiger partial charge in [0.05, 0.1) is 33.6 Å². The van der Waals surface area contributed by atoms with E-state index in [0.717, 1.165) is 50.8 Å². The summed E-state index contributed by atoms with van der Waals surface area (Å²) in [7, 11) is 2.04. The number of hydrogen-bond donors (Lipinski definition) is 1. The van der Waals surface area contributed by atoms with Crippen LogP contribution in [0.4, 0.5) is 0 Å². The van der Waals surface area contributed by atoms with Crippen molar-refractivity contribution in [2.45, 2.75) is 134 Å². The van der Waals surface area contributed by atoms with Crippen LogP contribution in [0.25, 0.3) is 38.4 Å². The van der Waals surface area contributed by atoms with E-state index >= 15 is 0 Å². The van der Waals surface area contributed by atoms with Crippen LogP contribution in [0, 0.1) is 0 Å². The molecule has 0 amide bonds. The van der Waals surface area contributed by atoms with E-state index in [1.165, 1.54) is 140 Å². The van der Waals surface area contributed by atoms with Crippen molar-refractivity contribution in [3.05, 3.63) is 240 Å². The SMILES string of the molecule is Cn1nc(C2CCCCC2)c2ccc(OCc3ccccc3)cc21.c1ccc(COc2ccc(-n3nc(C4CCCC4)c4ccc(OCc5ccccc5)cc43)cc2)cc1.c1ccc(COc2ccc3c(C4CCCCC4)[nH]nc3c2)cc1. The normalized spacial score (nSPS) is 14.9. The summed E-state index contributed by atoms with van der Waals surface area (Å²) in [6, 6.07) is 68.3. The molecular weight excluding hydrogens is 1020 g/mol. The first-order valence-electron chi connectivity index (χ1n) is 30.3. The van der Waals surface area contributed by atoms with Crippen LogP contribution in [-0.4, -0.2) is 29.8 Å². The molecule has 83 heavy (non-hydrogen) atoms. The summed E-state index contributed by atoms with van der Waals surface area (Å²) < 4.78 is 28.1. The van der Waals surface area contributed by atoms with Gasteiger partial charge < -0.3 is 18.9 Å². The Morgan fingerprint density at radius 2 is 0.771 bits per heavy atom. The summed E-state index contributed by atoms with van der Waals surface area (Å²) >= 11 is 0. The molecular formula is C73H76N6O4. The molecule has 3 aliphatic carbocycles. The molecule has 3 aliphatic rings. The number of H-pyrrole nitrogens is 1. The van der Waals surface area contributed by atoms with Gasteiger partial charge in [0.1, 0.15) is 49.4 Å². The molecule has 8 aromatic carbocycles. The Kier molecular flexibility index (Phi) is 17.8. The van der Waals surface area contributed by atoms with Crippen molar-refractivity contribution in [3.63, 3.8) is 0 Å². The average molecular weight is 1100 g/mol.